The summed E-state index contributed by atoms with van der Waals surface area (Å²) in [6.07, 6.45) is 0.0385. The molecule has 0 aliphatic carbocycles. The summed E-state index contributed by atoms with van der Waals surface area (Å²) in [6.45, 7) is 0. The molecular weight excluding hydrogens is 375 g/mol. The fourth-order valence-electron chi connectivity index (χ4n) is 2.26. The van der Waals surface area contributed by atoms with Crippen molar-refractivity contribution in [3.8, 4) is 11.3 Å². The van der Waals surface area contributed by atoms with Crippen LogP contribution in [0.5, 0.6) is 0 Å². The molecule has 0 fully saturated rings. The number of aliphatic hydroxyl groups excluding tert-OH is 1. The Morgan fingerprint density at radius 2 is 1.88 bits per heavy atom. The molecule has 0 radical (unpaired) electrons. The number of furan rings is 1. The summed E-state index contributed by atoms with van der Waals surface area (Å²) in [5, 5.41) is 14.8. The number of rotatable bonds is 5. The predicted molar refractivity (Wildman–Crippen MR) is 101 cm³/mol. The Bertz CT molecular complexity index is 939. The van der Waals surface area contributed by atoms with E-state index in [0.717, 1.165) is 0 Å². The molecule has 5 nitrogen and oxygen atoms in total. The van der Waals surface area contributed by atoms with Crippen LogP contribution in [-0.4, -0.2) is 17.2 Å². The summed E-state index contributed by atoms with van der Waals surface area (Å²) in [4.78, 5) is 11.9. The first-order valence-corrected chi connectivity index (χ1v) is 8.41. The number of nitrogens with zero attached hydrogens (tertiary/aromatic N) is 1. The summed E-state index contributed by atoms with van der Waals surface area (Å²) < 4.78 is 5.63. The Morgan fingerprint density at radius 1 is 1.12 bits per heavy atom. The van der Waals surface area contributed by atoms with Gasteiger partial charge in [-0.1, -0.05) is 53.5 Å². The third-order valence-electron chi connectivity index (χ3n) is 3.55. The van der Waals surface area contributed by atoms with Gasteiger partial charge in [-0.2, -0.15) is 5.10 Å². The minimum atomic E-state index is -1.30. The van der Waals surface area contributed by atoms with Crippen molar-refractivity contribution in [1.82, 2.24) is 5.43 Å². The summed E-state index contributed by atoms with van der Waals surface area (Å²) in [6, 6.07) is 17.1. The molecule has 0 unspecified atom stereocenters. The lowest BCUT2D eigenvalue weighted by Crippen LogP contribution is -2.25. The monoisotopic (exact) mass is 388 g/mol. The Balaban J connectivity index is 1.64. The molecule has 0 bridgehead atoms. The Kier molecular flexibility index (Phi) is 5.73. The Hall–Kier alpha value is -2.60. The van der Waals surface area contributed by atoms with Crippen molar-refractivity contribution in [1.29, 1.82) is 0 Å². The van der Waals surface area contributed by atoms with Crippen molar-refractivity contribution < 1.29 is 14.3 Å². The second kappa shape index (κ2) is 8.19. The van der Waals surface area contributed by atoms with Gasteiger partial charge in [0, 0.05) is 10.6 Å². The molecule has 0 aliphatic heterocycles. The van der Waals surface area contributed by atoms with Crippen molar-refractivity contribution in [2.24, 2.45) is 5.10 Å². The van der Waals surface area contributed by atoms with E-state index in [4.69, 9.17) is 27.6 Å². The third-order valence-corrected chi connectivity index (χ3v) is 4.10. The number of carbonyl (C=O) groups excluding carboxylic acids is 1. The first kappa shape index (κ1) is 18.2. The highest BCUT2D eigenvalue weighted by atomic mass is 35.5. The minimum Gasteiger partial charge on any atom is -0.455 e. The van der Waals surface area contributed by atoms with Crippen LogP contribution >= 0.6 is 23.2 Å². The molecule has 132 valence electrons. The van der Waals surface area contributed by atoms with Crippen LogP contribution in [0.3, 0.4) is 0 Å². The van der Waals surface area contributed by atoms with Crippen LogP contribution in [-0.2, 0) is 4.79 Å². The zero-order valence-electron chi connectivity index (χ0n) is 13.4. The van der Waals surface area contributed by atoms with E-state index >= 15 is 0 Å². The van der Waals surface area contributed by atoms with Gasteiger partial charge in [-0.05, 0) is 35.9 Å². The molecule has 0 saturated heterocycles. The smallest absolute Gasteiger partial charge is 0.273 e. The van der Waals surface area contributed by atoms with Crippen LogP contribution in [0.15, 0.2) is 70.2 Å². The van der Waals surface area contributed by atoms with Crippen LogP contribution in [0.25, 0.3) is 11.3 Å². The van der Waals surface area contributed by atoms with Gasteiger partial charge in [-0.3, -0.25) is 4.79 Å². The maximum Gasteiger partial charge on any atom is 0.273 e. The highest BCUT2D eigenvalue weighted by molar-refractivity contribution is 6.36. The second-order valence-corrected chi connectivity index (χ2v) is 6.22. The minimum absolute atomic E-state index is 0.417. The summed E-state index contributed by atoms with van der Waals surface area (Å²) in [5.74, 6) is 0.323. The van der Waals surface area contributed by atoms with Crippen molar-refractivity contribution in [2.75, 3.05) is 0 Å². The number of hydrazone groups is 1. The van der Waals surface area contributed by atoms with E-state index in [-0.39, 0.29) is 0 Å². The normalized spacial score (nSPS) is 12.3. The fraction of sp³-hybridized carbons (Fsp3) is 0.0526. The molecule has 3 rings (SSSR count). The van der Waals surface area contributed by atoms with Gasteiger partial charge in [0.25, 0.3) is 5.91 Å². The van der Waals surface area contributed by atoms with Gasteiger partial charge in [-0.15, -0.1) is 0 Å². The van der Waals surface area contributed by atoms with Crippen LogP contribution in [0.4, 0.5) is 0 Å². The van der Waals surface area contributed by atoms with Gasteiger partial charge in [0.15, 0.2) is 6.10 Å². The lowest BCUT2D eigenvalue weighted by Gasteiger charge is -2.08. The van der Waals surface area contributed by atoms with Crippen molar-refractivity contribution in [3.05, 3.63) is 82.0 Å². The predicted octanol–water partition coefficient (Wildman–Crippen LogP) is 4.44. The van der Waals surface area contributed by atoms with Gasteiger partial charge in [0.1, 0.15) is 11.5 Å². The van der Waals surface area contributed by atoms with E-state index in [1.807, 2.05) is 0 Å². The van der Waals surface area contributed by atoms with Crippen molar-refractivity contribution in [3.63, 3.8) is 0 Å². The molecule has 7 heteroatoms. The molecule has 1 aromatic heterocycles. The molecule has 26 heavy (non-hydrogen) atoms. The van der Waals surface area contributed by atoms with Gasteiger partial charge < -0.3 is 9.52 Å². The van der Waals surface area contributed by atoms with Gasteiger partial charge in [0.05, 0.1) is 11.2 Å². The number of halogens is 2. The zero-order valence-corrected chi connectivity index (χ0v) is 14.9. The third kappa shape index (κ3) is 4.32. The molecular formula is C19H14Cl2N2O3. The van der Waals surface area contributed by atoms with E-state index in [1.165, 1.54) is 6.21 Å². The number of aliphatic hydroxyl groups is 1. The first-order valence-electron chi connectivity index (χ1n) is 7.66. The zero-order chi connectivity index (χ0) is 18.5. The van der Waals surface area contributed by atoms with E-state index in [1.54, 1.807) is 60.7 Å². The van der Waals surface area contributed by atoms with Crippen LogP contribution in [0.2, 0.25) is 10.0 Å². The maximum atomic E-state index is 11.9. The van der Waals surface area contributed by atoms with Crippen molar-refractivity contribution in [2.45, 2.75) is 6.10 Å². The molecule has 3 aromatic rings. The molecule has 0 saturated carbocycles. The average molecular weight is 389 g/mol. The summed E-state index contributed by atoms with van der Waals surface area (Å²) in [7, 11) is 0. The SMILES string of the molecule is O=C(N/N=C\c1ccc(-c2ccc(Cl)cc2Cl)o1)[C@@H](O)c1ccccc1. The van der Waals surface area contributed by atoms with Crippen LogP contribution < -0.4 is 5.43 Å². The molecule has 2 aromatic carbocycles. The van der Waals surface area contributed by atoms with Crippen molar-refractivity contribution >= 4 is 35.3 Å². The standard InChI is InChI=1S/C19H14Cl2N2O3/c20-13-6-8-15(16(21)10-13)17-9-7-14(26-17)11-22-23-19(25)18(24)12-4-2-1-3-5-12/h1-11,18,24H,(H,23,25)/b22-11-/t18-/m0/s1. The number of benzene rings is 2. The summed E-state index contributed by atoms with van der Waals surface area (Å²) >= 11 is 12.0. The number of amides is 1. The number of hydrogen-bond acceptors (Lipinski definition) is 4. The van der Waals surface area contributed by atoms with E-state index in [0.29, 0.717) is 32.7 Å². The largest absolute Gasteiger partial charge is 0.455 e. The van der Waals surface area contributed by atoms with Gasteiger partial charge in [0.2, 0.25) is 0 Å². The molecule has 1 atom stereocenters. The Morgan fingerprint density at radius 3 is 2.62 bits per heavy atom. The quantitative estimate of drug-likeness (QED) is 0.501. The van der Waals surface area contributed by atoms with Gasteiger partial charge >= 0.3 is 0 Å². The second-order valence-electron chi connectivity index (χ2n) is 5.37. The van der Waals surface area contributed by atoms with Crippen LogP contribution in [0, 0.1) is 0 Å². The lowest BCUT2D eigenvalue weighted by molar-refractivity contribution is -0.129. The number of carbonyl (C=O) groups is 1. The molecule has 0 aliphatic rings. The Labute approximate surface area is 159 Å². The van der Waals surface area contributed by atoms with E-state index in [2.05, 4.69) is 10.5 Å². The molecule has 1 amide bonds. The van der Waals surface area contributed by atoms with Crippen LogP contribution in [0.1, 0.15) is 17.4 Å². The fourth-order valence-corrected chi connectivity index (χ4v) is 2.77. The maximum absolute atomic E-state index is 11.9. The summed E-state index contributed by atoms with van der Waals surface area (Å²) in [5.41, 5.74) is 3.45. The van der Waals surface area contributed by atoms with E-state index in [9.17, 15) is 9.90 Å². The van der Waals surface area contributed by atoms with Gasteiger partial charge in [-0.25, -0.2) is 5.43 Å². The molecule has 1 heterocycles. The molecule has 0 spiro atoms. The molecule has 2 N–H and O–H groups in total. The number of nitrogens with one attached hydrogen (secondary N) is 1. The highest BCUT2D eigenvalue weighted by Crippen LogP contribution is 2.31. The topological polar surface area (TPSA) is 74.8 Å². The highest BCUT2D eigenvalue weighted by Gasteiger charge is 2.16. The first-order chi connectivity index (χ1) is 12.5. The number of hydrogen-bond donors (Lipinski definition) is 2. The van der Waals surface area contributed by atoms with E-state index < -0.39 is 12.0 Å². The average Bonchev–Trinajstić information content (AvgIpc) is 3.10. The lowest BCUT2D eigenvalue weighted by atomic mass is 10.1.